The van der Waals surface area contributed by atoms with Crippen LogP contribution in [0.25, 0.3) is 6.08 Å². The number of allylic oxidation sites excluding steroid dienone is 1. The molecule has 12 heavy (non-hydrogen) atoms. The molecule has 0 aliphatic heterocycles. The van der Waals surface area contributed by atoms with Gasteiger partial charge in [0.2, 0.25) is 0 Å². The molecule has 0 spiro atoms. The average Bonchev–Trinajstić information content (AvgIpc) is 2.07. The topological polar surface area (TPSA) is 17.1 Å². The monoisotopic (exact) mass is 158 g/mol. The minimum Gasteiger partial charge on any atom is -0.294 e. The first-order valence-corrected chi connectivity index (χ1v) is 4.07. The van der Waals surface area contributed by atoms with Crippen molar-refractivity contribution in [3.63, 3.8) is 0 Å². The van der Waals surface area contributed by atoms with Gasteiger partial charge in [0.1, 0.15) is 0 Å². The molecule has 0 radical (unpaired) electrons. The molecule has 1 aromatic carbocycles. The van der Waals surface area contributed by atoms with Crippen molar-refractivity contribution in [1.82, 2.24) is 0 Å². The normalized spacial score (nSPS) is 15.4. The summed E-state index contributed by atoms with van der Waals surface area (Å²) in [7, 11) is 0. The zero-order chi connectivity index (χ0) is 8.55. The molecule has 0 bridgehead atoms. The summed E-state index contributed by atoms with van der Waals surface area (Å²) < 4.78 is 0. The number of carbonyl (C=O) groups excluding carboxylic acids is 1. The highest BCUT2D eigenvalue weighted by Gasteiger charge is 2.13. The Bertz CT molecular complexity index is 361. The van der Waals surface area contributed by atoms with E-state index in [9.17, 15) is 4.79 Å². The minimum atomic E-state index is 0.244. The first kappa shape index (κ1) is 7.29. The third kappa shape index (κ3) is 1.07. The van der Waals surface area contributed by atoms with E-state index in [1.807, 2.05) is 37.3 Å². The van der Waals surface area contributed by atoms with Crippen LogP contribution in [0.1, 0.15) is 18.1 Å². The second-order valence-electron chi connectivity index (χ2n) is 3.13. The summed E-state index contributed by atoms with van der Waals surface area (Å²) >= 11 is 0. The van der Waals surface area contributed by atoms with E-state index in [2.05, 4.69) is 0 Å². The highest BCUT2D eigenvalue weighted by Crippen LogP contribution is 2.20. The number of hydrogen-bond donors (Lipinski definition) is 0. The van der Waals surface area contributed by atoms with E-state index >= 15 is 0 Å². The van der Waals surface area contributed by atoms with Gasteiger partial charge in [0.15, 0.2) is 5.78 Å². The van der Waals surface area contributed by atoms with Crippen LogP contribution in [0.4, 0.5) is 0 Å². The van der Waals surface area contributed by atoms with Gasteiger partial charge in [-0.1, -0.05) is 24.3 Å². The Labute approximate surface area is 71.7 Å². The van der Waals surface area contributed by atoms with Crippen molar-refractivity contribution in [2.45, 2.75) is 13.3 Å². The molecule has 1 heteroatoms. The molecule has 0 heterocycles. The van der Waals surface area contributed by atoms with E-state index in [1.54, 1.807) is 0 Å². The first-order valence-electron chi connectivity index (χ1n) is 4.07. The fraction of sp³-hybridized carbons (Fsp3) is 0.182. The van der Waals surface area contributed by atoms with Crippen LogP contribution in [0.5, 0.6) is 0 Å². The molecule has 2 rings (SSSR count). The fourth-order valence-electron chi connectivity index (χ4n) is 1.46. The maximum Gasteiger partial charge on any atom is 0.162 e. The van der Waals surface area contributed by atoms with Gasteiger partial charge in [-0.15, -0.1) is 0 Å². The van der Waals surface area contributed by atoms with Gasteiger partial charge in [-0.3, -0.25) is 4.79 Å². The second kappa shape index (κ2) is 2.59. The Morgan fingerprint density at radius 3 is 2.83 bits per heavy atom. The Kier molecular flexibility index (Phi) is 1.58. The number of carbonyl (C=O) groups is 1. The molecule has 0 aromatic heterocycles. The van der Waals surface area contributed by atoms with Crippen molar-refractivity contribution in [3.05, 3.63) is 41.0 Å². The summed E-state index contributed by atoms with van der Waals surface area (Å²) in [6.45, 7) is 1.87. The molecule has 0 saturated carbocycles. The quantitative estimate of drug-likeness (QED) is 0.565. The Hall–Kier alpha value is -1.37. The first-order chi connectivity index (χ1) is 5.77. The summed E-state index contributed by atoms with van der Waals surface area (Å²) in [4.78, 5) is 11.3. The van der Waals surface area contributed by atoms with E-state index < -0.39 is 0 Å². The van der Waals surface area contributed by atoms with Crippen molar-refractivity contribution in [3.8, 4) is 0 Å². The number of fused-ring (bicyclic) bond motifs is 1. The molecule has 0 unspecified atom stereocenters. The van der Waals surface area contributed by atoms with Gasteiger partial charge < -0.3 is 0 Å². The van der Waals surface area contributed by atoms with Gasteiger partial charge in [-0.25, -0.2) is 0 Å². The smallest absolute Gasteiger partial charge is 0.162 e. The highest BCUT2D eigenvalue weighted by molar-refractivity contribution is 6.03. The standard InChI is InChI=1S/C11H10O/c1-8-6-9-4-2-3-5-10(9)7-11(8)12/h2-6H,7H2,1H3. The predicted octanol–water partition coefficient (Wildman–Crippen LogP) is 2.22. The third-order valence-electron chi connectivity index (χ3n) is 2.22. The summed E-state index contributed by atoms with van der Waals surface area (Å²) in [5.74, 6) is 0.244. The van der Waals surface area contributed by atoms with E-state index in [0.29, 0.717) is 6.42 Å². The maximum atomic E-state index is 11.3. The molecule has 1 aliphatic carbocycles. The molecule has 0 atom stereocenters. The summed E-state index contributed by atoms with van der Waals surface area (Å²) in [6, 6.07) is 8.03. The molecule has 0 fully saturated rings. The molecule has 1 nitrogen and oxygen atoms in total. The molecule has 60 valence electrons. The fourth-order valence-corrected chi connectivity index (χ4v) is 1.46. The van der Waals surface area contributed by atoms with Crippen LogP contribution in [0, 0.1) is 0 Å². The zero-order valence-electron chi connectivity index (χ0n) is 7.00. The summed E-state index contributed by atoms with van der Waals surface area (Å²) in [5.41, 5.74) is 3.21. The number of benzene rings is 1. The second-order valence-corrected chi connectivity index (χ2v) is 3.13. The lowest BCUT2D eigenvalue weighted by atomic mass is 9.92. The molecule has 0 saturated heterocycles. The third-order valence-corrected chi connectivity index (χ3v) is 2.22. The van der Waals surface area contributed by atoms with Gasteiger partial charge in [0.05, 0.1) is 0 Å². The molecule has 1 aromatic rings. The summed E-state index contributed by atoms with van der Waals surface area (Å²) in [5, 5.41) is 0. The van der Waals surface area contributed by atoms with Crippen LogP contribution in [0.2, 0.25) is 0 Å². The van der Waals surface area contributed by atoms with Crippen LogP contribution >= 0.6 is 0 Å². The molecular formula is C11H10O. The van der Waals surface area contributed by atoms with Gasteiger partial charge >= 0.3 is 0 Å². The molecule has 1 aliphatic rings. The lowest BCUT2D eigenvalue weighted by Gasteiger charge is -2.11. The number of hydrogen-bond acceptors (Lipinski definition) is 1. The molecular weight excluding hydrogens is 148 g/mol. The van der Waals surface area contributed by atoms with Crippen molar-refractivity contribution in [2.75, 3.05) is 0 Å². The van der Waals surface area contributed by atoms with Crippen molar-refractivity contribution >= 4 is 11.9 Å². The maximum absolute atomic E-state index is 11.3. The summed E-state index contributed by atoms with van der Waals surface area (Å²) in [6.07, 6.45) is 2.53. The van der Waals surface area contributed by atoms with Crippen LogP contribution in [-0.4, -0.2) is 5.78 Å². The largest absolute Gasteiger partial charge is 0.294 e. The van der Waals surface area contributed by atoms with E-state index in [0.717, 1.165) is 11.1 Å². The number of ketones is 1. The zero-order valence-corrected chi connectivity index (χ0v) is 7.00. The predicted molar refractivity (Wildman–Crippen MR) is 48.8 cm³/mol. The Morgan fingerprint density at radius 1 is 1.25 bits per heavy atom. The average molecular weight is 158 g/mol. The number of Topliss-reactive ketones (excluding diaryl/α,β-unsaturated/α-hetero) is 1. The Balaban J connectivity index is 2.56. The van der Waals surface area contributed by atoms with Gasteiger partial charge in [-0.2, -0.15) is 0 Å². The van der Waals surface area contributed by atoms with Crippen LogP contribution in [0.3, 0.4) is 0 Å². The lowest BCUT2D eigenvalue weighted by molar-refractivity contribution is -0.114. The van der Waals surface area contributed by atoms with Gasteiger partial charge in [-0.05, 0) is 29.7 Å². The van der Waals surface area contributed by atoms with Crippen molar-refractivity contribution in [2.24, 2.45) is 0 Å². The lowest BCUT2D eigenvalue weighted by Crippen LogP contribution is -2.09. The number of rotatable bonds is 0. The minimum absolute atomic E-state index is 0.244. The van der Waals surface area contributed by atoms with Crippen molar-refractivity contribution < 1.29 is 4.79 Å². The van der Waals surface area contributed by atoms with E-state index in [4.69, 9.17) is 0 Å². The van der Waals surface area contributed by atoms with E-state index in [1.165, 1.54) is 5.56 Å². The van der Waals surface area contributed by atoms with Crippen LogP contribution in [0.15, 0.2) is 29.8 Å². The highest BCUT2D eigenvalue weighted by atomic mass is 16.1. The van der Waals surface area contributed by atoms with Crippen LogP contribution < -0.4 is 0 Å². The van der Waals surface area contributed by atoms with E-state index in [-0.39, 0.29) is 5.78 Å². The Morgan fingerprint density at radius 2 is 2.00 bits per heavy atom. The molecule has 0 N–H and O–H groups in total. The SMILES string of the molecule is CC1=Cc2ccccc2CC1=O. The van der Waals surface area contributed by atoms with Gasteiger partial charge in [0, 0.05) is 6.42 Å². The molecule has 0 amide bonds. The van der Waals surface area contributed by atoms with Crippen LogP contribution in [-0.2, 0) is 11.2 Å². The van der Waals surface area contributed by atoms with Gasteiger partial charge in [0.25, 0.3) is 0 Å². The van der Waals surface area contributed by atoms with Crippen molar-refractivity contribution in [1.29, 1.82) is 0 Å².